The Morgan fingerprint density at radius 1 is 1.32 bits per heavy atom. The van der Waals surface area contributed by atoms with Gasteiger partial charge in [-0.25, -0.2) is 0 Å². The van der Waals surface area contributed by atoms with Crippen LogP contribution in [0.4, 0.5) is 0 Å². The lowest BCUT2D eigenvalue weighted by atomic mass is 9.98. The maximum Gasteiger partial charge on any atom is 0.255 e. The minimum Gasteiger partial charge on any atom is -0.504 e. The molecule has 2 unspecified atom stereocenters. The lowest BCUT2D eigenvalue weighted by Crippen LogP contribution is -2.31. The first kappa shape index (κ1) is 14.2. The molecule has 3 N–H and O–H groups in total. The standard InChI is InChI=1S/C14H18BrNO3/c15-7-9-3-1-4-10(9)8-16-14(19)11-5-2-6-12(17)13(11)18/h2,5-6,9-10,17-18H,1,3-4,7-8H2,(H,16,19). The zero-order valence-corrected chi connectivity index (χ0v) is 12.2. The van der Waals surface area contributed by atoms with Crippen LogP contribution in [-0.2, 0) is 0 Å². The van der Waals surface area contributed by atoms with Crippen LogP contribution in [0.25, 0.3) is 0 Å². The van der Waals surface area contributed by atoms with Gasteiger partial charge in [-0.15, -0.1) is 0 Å². The highest BCUT2D eigenvalue weighted by Crippen LogP contribution is 2.33. The monoisotopic (exact) mass is 327 g/mol. The molecule has 0 bridgehead atoms. The Morgan fingerprint density at radius 3 is 2.79 bits per heavy atom. The minimum atomic E-state index is -0.358. The summed E-state index contributed by atoms with van der Waals surface area (Å²) in [6, 6.07) is 4.39. The van der Waals surface area contributed by atoms with Crippen molar-refractivity contribution in [3.63, 3.8) is 0 Å². The van der Waals surface area contributed by atoms with Gasteiger partial charge in [0.15, 0.2) is 11.5 Å². The molecule has 1 aliphatic rings. The predicted molar refractivity (Wildman–Crippen MR) is 76.7 cm³/mol. The van der Waals surface area contributed by atoms with Gasteiger partial charge in [0.2, 0.25) is 0 Å². The van der Waals surface area contributed by atoms with E-state index in [2.05, 4.69) is 21.2 Å². The van der Waals surface area contributed by atoms with E-state index in [0.717, 1.165) is 11.8 Å². The summed E-state index contributed by atoms with van der Waals surface area (Å²) in [5.74, 6) is 0.129. The molecule has 2 atom stereocenters. The van der Waals surface area contributed by atoms with Gasteiger partial charge >= 0.3 is 0 Å². The molecule has 1 amide bonds. The number of hydrogen-bond acceptors (Lipinski definition) is 3. The average Bonchev–Trinajstić information content (AvgIpc) is 2.86. The number of amides is 1. The van der Waals surface area contributed by atoms with Crippen LogP contribution in [0, 0.1) is 11.8 Å². The molecule has 1 aromatic carbocycles. The van der Waals surface area contributed by atoms with Crippen molar-refractivity contribution in [1.82, 2.24) is 5.32 Å². The molecule has 1 aromatic rings. The topological polar surface area (TPSA) is 69.6 Å². The van der Waals surface area contributed by atoms with Gasteiger partial charge in [-0.2, -0.15) is 0 Å². The van der Waals surface area contributed by atoms with Crippen molar-refractivity contribution >= 4 is 21.8 Å². The molecule has 104 valence electrons. The van der Waals surface area contributed by atoms with Crippen molar-refractivity contribution in [2.75, 3.05) is 11.9 Å². The second kappa shape index (κ2) is 6.28. The minimum absolute atomic E-state index is 0.119. The van der Waals surface area contributed by atoms with Crippen LogP contribution >= 0.6 is 15.9 Å². The zero-order chi connectivity index (χ0) is 13.8. The van der Waals surface area contributed by atoms with E-state index in [0.29, 0.717) is 18.4 Å². The van der Waals surface area contributed by atoms with Crippen LogP contribution in [-0.4, -0.2) is 28.0 Å². The number of alkyl halides is 1. The molecule has 0 saturated heterocycles. The van der Waals surface area contributed by atoms with Crippen molar-refractivity contribution in [3.8, 4) is 11.5 Å². The third-order valence-corrected chi connectivity index (χ3v) is 4.63. The van der Waals surface area contributed by atoms with Crippen LogP contribution in [0.1, 0.15) is 29.6 Å². The number of carbonyl (C=O) groups is 1. The molecular weight excluding hydrogens is 310 g/mol. The Labute approximate surface area is 121 Å². The molecular formula is C14H18BrNO3. The van der Waals surface area contributed by atoms with Gasteiger partial charge < -0.3 is 15.5 Å². The normalized spacial score (nSPS) is 22.4. The third kappa shape index (κ3) is 3.21. The highest BCUT2D eigenvalue weighted by atomic mass is 79.9. The number of hydrogen-bond donors (Lipinski definition) is 3. The molecule has 4 nitrogen and oxygen atoms in total. The highest BCUT2D eigenvalue weighted by molar-refractivity contribution is 9.09. The van der Waals surface area contributed by atoms with Gasteiger partial charge in [-0.3, -0.25) is 4.79 Å². The summed E-state index contributed by atoms with van der Waals surface area (Å²) in [4.78, 5) is 12.0. The Kier molecular flexibility index (Phi) is 4.69. The molecule has 2 rings (SSSR count). The van der Waals surface area contributed by atoms with Gasteiger partial charge in [0, 0.05) is 11.9 Å². The maximum atomic E-state index is 12.0. The van der Waals surface area contributed by atoms with E-state index in [1.807, 2.05) is 0 Å². The summed E-state index contributed by atoms with van der Waals surface area (Å²) in [7, 11) is 0. The summed E-state index contributed by atoms with van der Waals surface area (Å²) in [5.41, 5.74) is 0.119. The number of carbonyl (C=O) groups excluding carboxylic acids is 1. The second-order valence-electron chi connectivity index (χ2n) is 4.99. The van der Waals surface area contributed by atoms with Crippen molar-refractivity contribution in [3.05, 3.63) is 23.8 Å². The number of para-hydroxylation sites is 1. The average molecular weight is 328 g/mol. The zero-order valence-electron chi connectivity index (χ0n) is 10.6. The highest BCUT2D eigenvalue weighted by Gasteiger charge is 2.26. The Hall–Kier alpha value is -1.23. The predicted octanol–water partition coefficient (Wildman–Crippen LogP) is 2.64. The molecule has 1 fully saturated rings. The van der Waals surface area contributed by atoms with Crippen LogP contribution < -0.4 is 5.32 Å². The van der Waals surface area contributed by atoms with E-state index in [4.69, 9.17) is 0 Å². The fourth-order valence-corrected chi connectivity index (χ4v) is 3.47. The van der Waals surface area contributed by atoms with Crippen LogP contribution in [0.5, 0.6) is 11.5 Å². The number of phenolic OH excluding ortho intramolecular Hbond substituents is 2. The first-order chi connectivity index (χ1) is 9.13. The summed E-state index contributed by atoms with van der Waals surface area (Å²) in [6.07, 6.45) is 3.53. The van der Waals surface area contributed by atoms with Gasteiger partial charge in [0.05, 0.1) is 5.56 Å². The van der Waals surface area contributed by atoms with E-state index < -0.39 is 0 Å². The summed E-state index contributed by atoms with van der Waals surface area (Å²) in [5, 5.41) is 22.8. The first-order valence-corrected chi connectivity index (χ1v) is 7.60. The molecule has 1 saturated carbocycles. The number of aromatic hydroxyl groups is 2. The largest absolute Gasteiger partial charge is 0.504 e. The van der Waals surface area contributed by atoms with E-state index >= 15 is 0 Å². The molecule has 0 spiro atoms. The van der Waals surface area contributed by atoms with Crippen LogP contribution in [0.3, 0.4) is 0 Å². The van der Waals surface area contributed by atoms with Crippen LogP contribution in [0.2, 0.25) is 0 Å². The molecule has 5 heteroatoms. The van der Waals surface area contributed by atoms with Gasteiger partial charge in [-0.1, -0.05) is 28.4 Å². The quantitative estimate of drug-likeness (QED) is 0.588. The second-order valence-corrected chi connectivity index (χ2v) is 5.64. The summed E-state index contributed by atoms with van der Waals surface area (Å²) in [6.45, 7) is 0.615. The Morgan fingerprint density at radius 2 is 2.05 bits per heavy atom. The van der Waals surface area contributed by atoms with E-state index in [-0.39, 0.29) is 23.0 Å². The van der Waals surface area contributed by atoms with E-state index in [1.165, 1.54) is 25.0 Å². The van der Waals surface area contributed by atoms with Gasteiger partial charge in [0.25, 0.3) is 5.91 Å². The lowest BCUT2D eigenvalue weighted by molar-refractivity contribution is 0.0941. The SMILES string of the molecule is O=C(NCC1CCCC1CBr)c1cccc(O)c1O. The van der Waals surface area contributed by atoms with Crippen LogP contribution in [0.15, 0.2) is 18.2 Å². The molecule has 0 heterocycles. The van der Waals surface area contributed by atoms with Gasteiger partial charge in [0.1, 0.15) is 0 Å². The molecule has 0 aliphatic heterocycles. The van der Waals surface area contributed by atoms with Crippen molar-refractivity contribution < 1.29 is 15.0 Å². The number of nitrogens with one attached hydrogen (secondary N) is 1. The fraction of sp³-hybridized carbons (Fsp3) is 0.500. The molecule has 0 aromatic heterocycles. The van der Waals surface area contributed by atoms with E-state index in [9.17, 15) is 15.0 Å². The lowest BCUT2D eigenvalue weighted by Gasteiger charge is -2.18. The smallest absolute Gasteiger partial charge is 0.255 e. The molecule has 0 radical (unpaired) electrons. The number of rotatable bonds is 4. The van der Waals surface area contributed by atoms with E-state index in [1.54, 1.807) is 6.07 Å². The molecule has 19 heavy (non-hydrogen) atoms. The number of phenols is 2. The van der Waals surface area contributed by atoms with Crippen molar-refractivity contribution in [2.24, 2.45) is 11.8 Å². The first-order valence-electron chi connectivity index (χ1n) is 6.48. The summed E-state index contributed by atoms with van der Waals surface area (Å²) >= 11 is 3.50. The molecule has 1 aliphatic carbocycles. The maximum absolute atomic E-state index is 12.0. The Balaban J connectivity index is 1.96. The van der Waals surface area contributed by atoms with Gasteiger partial charge in [-0.05, 0) is 36.8 Å². The number of benzene rings is 1. The fourth-order valence-electron chi connectivity index (χ4n) is 2.62. The van der Waals surface area contributed by atoms with Crippen molar-refractivity contribution in [1.29, 1.82) is 0 Å². The Bertz CT molecular complexity index is 464. The van der Waals surface area contributed by atoms with Crippen molar-refractivity contribution in [2.45, 2.75) is 19.3 Å². The number of halogens is 1. The summed E-state index contributed by atoms with van der Waals surface area (Å²) < 4.78 is 0. The third-order valence-electron chi connectivity index (χ3n) is 3.80.